The topological polar surface area (TPSA) is 18.5 Å². The number of aryl methyl sites for hydroxylation is 3. The maximum Gasteiger partial charge on any atom is 0.573 e. The summed E-state index contributed by atoms with van der Waals surface area (Å²) in [4.78, 5) is 0. The third-order valence-corrected chi connectivity index (χ3v) is 6.25. The lowest BCUT2D eigenvalue weighted by Crippen LogP contribution is -2.18. The Bertz CT molecular complexity index is 1440. The average molecular weight is 551 g/mol. The predicted molar refractivity (Wildman–Crippen MR) is 134 cm³/mol. The van der Waals surface area contributed by atoms with Crippen molar-refractivity contribution in [1.29, 1.82) is 0 Å². The van der Waals surface area contributed by atoms with E-state index in [-0.39, 0.29) is 30.6 Å². The van der Waals surface area contributed by atoms with E-state index in [0.717, 1.165) is 17.7 Å². The molecule has 0 heterocycles. The quantitative estimate of drug-likeness (QED) is 0.184. The highest BCUT2D eigenvalue weighted by Gasteiger charge is 2.32. The number of benzene rings is 4. The van der Waals surface area contributed by atoms with Crippen LogP contribution < -0.4 is 9.47 Å². The van der Waals surface area contributed by atoms with E-state index in [2.05, 4.69) is 4.74 Å². The van der Waals surface area contributed by atoms with E-state index in [0.29, 0.717) is 41.3 Å². The van der Waals surface area contributed by atoms with E-state index in [1.54, 1.807) is 30.3 Å². The maximum atomic E-state index is 15.2. The third-order valence-electron chi connectivity index (χ3n) is 6.25. The highest BCUT2D eigenvalue weighted by Crippen LogP contribution is 2.28. The predicted octanol–water partition coefficient (Wildman–Crippen LogP) is 8.65. The SMILES string of the molecule is CCCOc1cc(F)c(CCc2ccc3c(F)c(CCc4ccc(OC(F)(F)F)c(F)c4)ccc3c2)c(F)c1. The van der Waals surface area contributed by atoms with Gasteiger partial charge in [0.25, 0.3) is 0 Å². The Kier molecular flexibility index (Phi) is 8.67. The van der Waals surface area contributed by atoms with Gasteiger partial charge >= 0.3 is 6.36 Å². The van der Waals surface area contributed by atoms with Gasteiger partial charge in [0.1, 0.15) is 23.2 Å². The van der Waals surface area contributed by atoms with Gasteiger partial charge in [0.15, 0.2) is 11.6 Å². The van der Waals surface area contributed by atoms with E-state index in [1.165, 1.54) is 18.2 Å². The van der Waals surface area contributed by atoms with Crippen molar-refractivity contribution < 1.29 is 40.2 Å². The first kappa shape index (κ1) is 28.3. The molecule has 9 heteroatoms. The molecule has 0 bridgehead atoms. The standard InChI is InChI=1S/C30H25F7O2/c1-2-13-38-22-16-25(31)24(26(32)17-22)11-5-18-4-10-23-21(14-18)9-8-20(29(23)34)7-3-19-6-12-28(27(33)15-19)39-30(35,36)37/h4,6,8-10,12,14-17H,2-3,5,7,11,13H2,1H3. The lowest BCUT2D eigenvalue weighted by Gasteiger charge is -2.12. The Morgan fingerprint density at radius 2 is 1.36 bits per heavy atom. The van der Waals surface area contributed by atoms with Gasteiger partial charge < -0.3 is 9.47 Å². The maximum absolute atomic E-state index is 15.2. The van der Waals surface area contributed by atoms with Crippen LogP contribution in [0.5, 0.6) is 11.5 Å². The summed E-state index contributed by atoms with van der Waals surface area (Å²) in [6.45, 7) is 2.25. The fourth-order valence-corrected chi connectivity index (χ4v) is 4.31. The fourth-order valence-electron chi connectivity index (χ4n) is 4.31. The summed E-state index contributed by atoms with van der Waals surface area (Å²) < 4.78 is 104. The number of rotatable bonds is 10. The van der Waals surface area contributed by atoms with Crippen LogP contribution in [0.3, 0.4) is 0 Å². The van der Waals surface area contributed by atoms with E-state index in [4.69, 9.17) is 4.74 Å². The van der Waals surface area contributed by atoms with E-state index in [1.807, 2.05) is 6.92 Å². The number of ether oxygens (including phenoxy) is 2. The molecule has 0 amide bonds. The van der Waals surface area contributed by atoms with Crippen molar-refractivity contribution in [1.82, 2.24) is 0 Å². The molecule has 4 aromatic carbocycles. The molecule has 4 aromatic rings. The second-order valence-electron chi connectivity index (χ2n) is 9.12. The lowest BCUT2D eigenvalue weighted by molar-refractivity contribution is -0.275. The summed E-state index contributed by atoms with van der Waals surface area (Å²) >= 11 is 0. The van der Waals surface area contributed by atoms with Gasteiger partial charge in [0.05, 0.1) is 6.61 Å². The molecular formula is C30H25F7O2. The minimum Gasteiger partial charge on any atom is -0.493 e. The van der Waals surface area contributed by atoms with Gasteiger partial charge in [-0.15, -0.1) is 13.2 Å². The van der Waals surface area contributed by atoms with Gasteiger partial charge in [-0.1, -0.05) is 43.3 Å². The van der Waals surface area contributed by atoms with Crippen molar-refractivity contribution in [2.45, 2.75) is 45.4 Å². The number of halogens is 7. The van der Waals surface area contributed by atoms with Gasteiger partial charge in [-0.05, 0) is 66.3 Å². The van der Waals surface area contributed by atoms with Crippen molar-refractivity contribution >= 4 is 10.8 Å². The van der Waals surface area contributed by atoms with Gasteiger partial charge in [0.2, 0.25) is 0 Å². The summed E-state index contributed by atoms with van der Waals surface area (Å²) in [5.41, 5.74) is 1.48. The number of hydrogen-bond donors (Lipinski definition) is 0. The molecule has 2 nitrogen and oxygen atoms in total. The molecule has 0 unspecified atom stereocenters. The van der Waals surface area contributed by atoms with Crippen LogP contribution in [0.25, 0.3) is 10.8 Å². The van der Waals surface area contributed by atoms with Crippen LogP contribution in [0.4, 0.5) is 30.7 Å². The molecule has 0 saturated carbocycles. The van der Waals surface area contributed by atoms with Gasteiger partial charge in [-0.3, -0.25) is 0 Å². The smallest absolute Gasteiger partial charge is 0.493 e. The van der Waals surface area contributed by atoms with E-state index in [9.17, 15) is 26.3 Å². The normalized spacial score (nSPS) is 11.7. The fraction of sp³-hybridized carbons (Fsp3) is 0.267. The third kappa shape index (κ3) is 7.22. The van der Waals surface area contributed by atoms with E-state index >= 15 is 4.39 Å². The Morgan fingerprint density at radius 1 is 0.692 bits per heavy atom. The molecule has 206 valence electrons. The molecule has 0 aromatic heterocycles. The van der Waals surface area contributed by atoms with Crippen LogP contribution in [0, 0.1) is 23.3 Å². The zero-order chi connectivity index (χ0) is 28.2. The molecule has 4 rings (SSSR count). The minimum absolute atomic E-state index is 0.0464. The van der Waals surface area contributed by atoms with Crippen LogP contribution in [-0.2, 0) is 25.7 Å². The first-order valence-corrected chi connectivity index (χ1v) is 12.4. The zero-order valence-corrected chi connectivity index (χ0v) is 21.0. The van der Waals surface area contributed by atoms with Crippen molar-refractivity contribution in [2.75, 3.05) is 6.61 Å². The summed E-state index contributed by atoms with van der Waals surface area (Å²) in [5, 5.41) is 0.962. The summed E-state index contributed by atoms with van der Waals surface area (Å²) in [5.74, 6) is -3.76. The Hall–Kier alpha value is -3.75. The molecular weight excluding hydrogens is 525 g/mol. The Labute approximate surface area is 221 Å². The van der Waals surface area contributed by atoms with Crippen molar-refractivity contribution in [3.05, 3.63) is 106 Å². The van der Waals surface area contributed by atoms with Crippen molar-refractivity contribution in [3.63, 3.8) is 0 Å². The van der Waals surface area contributed by atoms with E-state index < -0.39 is 35.4 Å². The van der Waals surface area contributed by atoms with Crippen molar-refractivity contribution in [2.24, 2.45) is 0 Å². The van der Waals surface area contributed by atoms with Gasteiger partial charge in [-0.2, -0.15) is 0 Å². The highest BCUT2D eigenvalue weighted by atomic mass is 19.4. The van der Waals surface area contributed by atoms with Crippen LogP contribution >= 0.6 is 0 Å². The highest BCUT2D eigenvalue weighted by molar-refractivity contribution is 5.84. The molecule has 0 atom stereocenters. The van der Waals surface area contributed by atoms with Crippen LogP contribution in [0.1, 0.15) is 35.6 Å². The first-order chi connectivity index (χ1) is 18.5. The molecule has 0 radical (unpaired) electrons. The summed E-state index contributed by atoms with van der Waals surface area (Å²) in [6, 6.07) is 13.8. The molecule has 0 spiro atoms. The number of alkyl halides is 3. The van der Waals surface area contributed by atoms with Crippen molar-refractivity contribution in [3.8, 4) is 11.5 Å². The number of hydrogen-bond acceptors (Lipinski definition) is 2. The van der Waals surface area contributed by atoms with Crippen LogP contribution in [0.2, 0.25) is 0 Å². The zero-order valence-electron chi connectivity index (χ0n) is 21.0. The lowest BCUT2D eigenvalue weighted by atomic mass is 9.97. The Balaban J connectivity index is 1.43. The van der Waals surface area contributed by atoms with Gasteiger partial charge in [-0.25, -0.2) is 17.6 Å². The number of fused-ring (bicyclic) bond motifs is 1. The second kappa shape index (κ2) is 12.0. The molecule has 0 saturated heterocycles. The minimum atomic E-state index is -5.00. The molecule has 0 fully saturated rings. The van der Waals surface area contributed by atoms with Crippen LogP contribution in [-0.4, -0.2) is 13.0 Å². The molecule has 39 heavy (non-hydrogen) atoms. The molecule has 0 aliphatic carbocycles. The monoisotopic (exact) mass is 550 g/mol. The van der Waals surface area contributed by atoms with Crippen LogP contribution in [0.15, 0.2) is 60.7 Å². The second-order valence-corrected chi connectivity index (χ2v) is 9.12. The molecule has 0 aliphatic rings. The summed E-state index contributed by atoms with van der Waals surface area (Å²) in [7, 11) is 0. The molecule has 0 N–H and O–H groups in total. The Morgan fingerprint density at radius 3 is 2.03 bits per heavy atom. The first-order valence-electron chi connectivity index (χ1n) is 12.4. The average Bonchev–Trinajstić information content (AvgIpc) is 2.87. The van der Waals surface area contributed by atoms with Gasteiger partial charge in [0, 0.05) is 23.1 Å². The largest absolute Gasteiger partial charge is 0.573 e. The summed E-state index contributed by atoms with van der Waals surface area (Å²) in [6.07, 6.45) is -3.45. The molecule has 0 aliphatic heterocycles.